The van der Waals surface area contributed by atoms with Gasteiger partial charge in [0.25, 0.3) is 0 Å². The highest BCUT2D eigenvalue weighted by Crippen LogP contribution is 2.21. The van der Waals surface area contributed by atoms with Gasteiger partial charge in [0.1, 0.15) is 7.05 Å². The number of allylic oxidation sites excluding steroid dienone is 4. The molecule has 1 aliphatic carbocycles. The summed E-state index contributed by atoms with van der Waals surface area (Å²) in [6.07, 6.45) is 11.7. The first-order valence-corrected chi connectivity index (χ1v) is 4.17. The van der Waals surface area contributed by atoms with Crippen molar-refractivity contribution in [2.75, 3.05) is 0 Å². The van der Waals surface area contributed by atoms with Crippen LogP contribution in [0.1, 0.15) is 12.0 Å². The van der Waals surface area contributed by atoms with E-state index < -0.39 is 0 Å². The minimum absolute atomic E-state index is 1.07. The number of pyridine rings is 1. The van der Waals surface area contributed by atoms with E-state index in [-0.39, 0.29) is 0 Å². The molecule has 2 rings (SSSR count). The lowest BCUT2D eigenvalue weighted by Crippen LogP contribution is -2.26. The molecule has 0 aliphatic heterocycles. The van der Waals surface area contributed by atoms with Crippen LogP contribution in [0, 0.1) is 0 Å². The van der Waals surface area contributed by atoms with E-state index in [4.69, 9.17) is 0 Å². The molecule has 0 spiro atoms. The normalized spacial score (nSPS) is 14.9. The van der Waals surface area contributed by atoms with E-state index >= 15 is 0 Å². The molecule has 1 heteroatoms. The quantitative estimate of drug-likeness (QED) is 0.549. The number of aromatic nitrogens is 1. The molecule has 1 aliphatic rings. The van der Waals surface area contributed by atoms with E-state index in [1.165, 1.54) is 11.1 Å². The van der Waals surface area contributed by atoms with Crippen LogP contribution in [0.5, 0.6) is 0 Å². The van der Waals surface area contributed by atoms with Crippen LogP contribution in [0.4, 0.5) is 0 Å². The van der Waals surface area contributed by atoms with Crippen LogP contribution >= 0.6 is 0 Å². The highest BCUT2D eigenvalue weighted by atomic mass is 14.9. The second kappa shape index (κ2) is 2.94. The van der Waals surface area contributed by atoms with Gasteiger partial charge in [-0.1, -0.05) is 18.2 Å². The van der Waals surface area contributed by atoms with Crippen molar-refractivity contribution < 1.29 is 4.57 Å². The van der Waals surface area contributed by atoms with E-state index in [1.807, 2.05) is 13.2 Å². The number of aryl methyl sites for hydroxylation is 1. The van der Waals surface area contributed by atoms with Crippen LogP contribution < -0.4 is 4.57 Å². The van der Waals surface area contributed by atoms with Crippen LogP contribution in [-0.2, 0) is 7.05 Å². The summed E-state index contributed by atoms with van der Waals surface area (Å²) < 4.78 is 2.08. The molecule has 0 amide bonds. The Kier molecular flexibility index (Phi) is 1.78. The fourth-order valence-electron chi connectivity index (χ4n) is 1.44. The summed E-state index contributed by atoms with van der Waals surface area (Å²) in [6.45, 7) is 0. The molecule has 0 N–H and O–H groups in total. The number of nitrogens with zero attached hydrogens (tertiary/aromatic N) is 1. The van der Waals surface area contributed by atoms with Gasteiger partial charge in [-0.25, -0.2) is 4.57 Å². The third-order valence-electron chi connectivity index (χ3n) is 2.08. The minimum Gasteiger partial charge on any atom is -0.207 e. The molecule has 0 radical (unpaired) electrons. The summed E-state index contributed by atoms with van der Waals surface area (Å²) >= 11 is 0. The lowest BCUT2D eigenvalue weighted by atomic mass is 10.1. The first-order chi connectivity index (χ1) is 5.86. The Morgan fingerprint density at radius 3 is 3.00 bits per heavy atom. The van der Waals surface area contributed by atoms with E-state index in [0.717, 1.165) is 6.42 Å². The SMILES string of the molecule is C[n+]1cccc(C2=CC=CC2)c1. The van der Waals surface area contributed by atoms with Gasteiger partial charge in [0.2, 0.25) is 0 Å². The Morgan fingerprint density at radius 2 is 2.33 bits per heavy atom. The number of hydrogen-bond donors (Lipinski definition) is 0. The van der Waals surface area contributed by atoms with Crippen molar-refractivity contribution in [2.45, 2.75) is 6.42 Å². The van der Waals surface area contributed by atoms with Gasteiger partial charge in [-0.3, -0.25) is 0 Å². The first-order valence-electron chi connectivity index (χ1n) is 4.17. The zero-order valence-corrected chi connectivity index (χ0v) is 7.20. The zero-order valence-electron chi connectivity index (χ0n) is 7.20. The molecular formula is C11H12N+. The van der Waals surface area contributed by atoms with Crippen LogP contribution in [0.3, 0.4) is 0 Å². The predicted octanol–water partition coefficient (Wildman–Crippen LogP) is 1.85. The first kappa shape index (κ1) is 7.29. The van der Waals surface area contributed by atoms with Gasteiger partial charge < -0.3 is 0 Å². The Morgan fingerprint density at radius 1 is 1.42 bits per heavy atom. The third-order valence-corrected chi connectivity index (χ3v) is 2.08. The van der Waals surface area contributed by atoms with Gasteiger partial charge in [-0.15, -0.1) is 0 Å². The smallest absolute Gasteiger partial charge is 0.176 e. The number of rotatable bonds is 1. The predicted molar refractivity (Wildman–Crippen MR) is 49.4 cm³/mol. The molecule has 0 fully saturated rings. The van der Waals surface area contributed by atoms with Crippen molar-refractivity contribution in [3.8, 4) is 0 Å². The molecule has 0 saturated carbocycles. The van der Waals surface area contributed by atoms with Gasteiger partial charge >= 0.3 is 0 Å². The molecule has 1 nitrogen and oxygen atoms in total. The van der Waals surface area contributed by atoms with Gasteiger partial charge in [0.15, 0.2) is 12.4 Å². The van der Waals surface area contributed by atoms with Gasteiger partial charge in [0, 0.05) is 11.6 Å². The molecule has 0 saturated heterocycles. The maximum Gasteiger partial charge on any atom is 0.176 e. The molecule has 1 aromatic rings. The van der Waals surface area contributed by atoms with E-state index in [9.17, 15) is 0 Å². The average molecular weight is 158 g/mol. The van der Waals surface area contributed by atoms with Crippen molar-refractivity contribution in [3.63, 3.8) is 0 Å². The maximum absolute atomic E-state index is 2.18. The molecule has 0 unspecified atom stereocenters. The second-order valence-electron chi connectivity index (χ2n) is 3.08. The van der Waals surface area contributed by atoms with E-state index in [0.29, 0.717) is 0 Å². The second-order valence-corrected chi connectivity index (χ2v) is 3.08. The molecule has 1 aromatic heterocycles. The number of hydrogen-bond acceptors (Lipinski definition) is 0. The molecule has 0 aromatic carbocycles. The lowest BCUT2D eigenvalue weighted by Gasteiger charge is -1.98. The fourth-order valence-corrected chi connectivity index (χ4v) is 1.44. The lowest BCUT2D eigenvalue weighted by molar-refractivity contribution is -0.671. The van der Waals surface area contributed by atoms with Crippen molar-refractivity contribution >= 4 is 5.57 Å². The Balaban J connectivity index is 2.35. The summed E-state index contributed by atoms with van der Waals surface area (Å²) in [5, 5.41) is 0. The van der Waals surface area contributed by atoms with Crippen LogP contribution in [0.15, 0.2) is 42.8 Å². The van der Waals surface area contributed by atoms with Crippen LogP contribution in [-0.4, -0.2) is 0 Å². The van der Waals surface area contributed by atoms with Gasteiger partial charge in [-0.2, -0.15) is 0 Å². The van der Waals surface area contributed by atoms with Gasteiger partial charge in [-0.05, 0) is 18.1 Å². The molecule has 60 valence electrons. The van der Waals surface area contributed by atoms with Crippen LogP contribution in [0.2, 0.25) is 0 Å². The summed E-state index contributed by atoms with van der Waals surface area (Å²) in [4.78, 5) is 0. The molecule has 0 bridgehead atoms. The topological polar surface area (TPSA) is 3.88 Å². The highest BCUT2D eigenvalue weighted by molar-refractivity contribution is 5.69. The molecule has 12 heavy (non-hydrogen) atoms. The monoisotopic (exact) mass is 158 g/mol. The molecular weight excluding hydrogens is 146 g/mol. The fraction of sp³-hybridized carbons (Fsp3) is 0.182. The van der Waals surface area contributed by atoms with Crippen LogP contribution in [0.25, 0.3) is 5.57 Å². The Labute approximate surface area is 72.7 Å². The summed E-state index contributed by atoms with van der Waals surface area (Å²) in [7, 11) is 2.05. The Hall–Kier alpha value is -1.37. The average Bonchev–Trinajstić information content (AvgIpc) is 2.56. The Bertz CT molecular complexity index is 348. The van der Waals surface area contributed by atoms with Crippen molar-refractivity contribution in [1.82, 2.24) is 0 Å². The largest absolute Gasteiger partial charge is 0.207 e. The van der Waals surface area contributed by atoms with Crippen molar-refractivity contribution in [1.29, 1.82) is 0 Å². The third kappa shape index (κ3) is 1.30. The summed E-state index contributed by atoms with van der Waals surface area (Å²) in [5.74, 6) is 0. The zero-order chi connectivity index (χ0) is 8.39. The molecule has 1 heterocycles. The minimum atomic E-state index is 1.07. The van der Waals surface area contributed by atoms with Crippen molar-refractivity contribution in [3.05, 3.63) is 48.3 Å². The standard InChI is InChI=1S/C11H12N/c1-12-8-4-7-11(9-12)10-5-2-3-6-10/h2-5,7-9H,6H2,1H3/q+1. The molecule has 0 atom stereocenters. The summed E-state index contributed by atoms with van der Waals surface area (Å²) in [5.41, 5.74) is 2.73. The van der Waals surface area contributed by atoms with E-state index in [2.05, 4.69) is 41.1 Å². The van der Waals surface area contributed by atoms with Crippen molar-refractivity contribution in [2.24, 2.45) is 7.05 Å². The highest BCUT2D eigenvalue weighted by Gasteiger charge is 2.05. The maximum atomic E-state index is 2.18. The van der Waals surface area contributed by atoms with E-state index in [1.54, 1.807) is 0 Å². The van der Waals surface area contributed by atoms with Gasteiger partial charge in [0.05, 0.1) is 0 Å². The summed E-state index contributed by atoms with van der Waals surface area (Å²) in [6, 6.07) is 4.23.